The lowest BCUT2D eigenvalue weighted by atomic mass is 10.1. The smallest absolute Gasteiger partial charge is 0.412 e. The van der Waals surface area contributed by atoms with Gasteiger partial charge in [-0.2, -0.15) is 0 Å². The number of amides is 1. The van der Waals surface area contributed by atoms with E-state index in [1.165, 1.54) is 0 Å². The van der Waals surface area contributed by atoms with Crippen LogP contribution in [0.15, 0.2) is 60.3 Å². The van der Waals surface area contributed by atoms with Crippen molar-refractivity contribution >= 4 is 18.1 Å². The normalized spacial score (nSPS) is 15.2. The average Bonchev–Trinajstić information content (AvgIpc) is 2.77. The summed E-state index contributed by atoms with van der Waals surface area (Å²) in [4.78, 5) is 25.3. The van der Waals surface area contributed by atoms with Crippen LogP contribution in [-0.4, -0.2) is 30.9 Å². The number of rotatable bonds is 6. The van der Waals surface area contributed by atoms with E-state index in [1.54, 1.807) is 26.8 Å². The SMILES string of the molecule is CC(C)(C)OC(=O)N/C(=C\c1ccccc1C1OCCCO1)C(=O)OCc1ccccc1. The van der Waals surface area contributed by atoms with Crippen molar-refractivity contribution in [2.75, 3.05) is 13.2 Å². The highest BCUT2D eigenvalue weighted by atomic mass is 16.7. The maximum Gasteiger partial charge on any atom is 0.412 e. The molecule has 1 N–H and O–H groups in total. The summed E-state index contributed by atoms with van der Waals surface area (Å²) in [6, 6.07) is 16.7. The zero-order chi connectivity index (χ0) is 23.0. The summed E-state index contributed by atoms with van der Waals surface area (Å²) in [5.41, 5.74) is 1.50. The molecule has 0 aliphatic carbocycles. The molecule has 1 heterocycles. The molecule has 0 aromatic heterocycles. The Hall–Kier alpha value is -3.16. The molecule has 3 rings (SSSR count). The lowest BCUT2D eigenvalue weighted by molar-refractivity contribution is -0.183. The van der Waals surface area contributed by atoms with Crippen molar-refractivity contribution < 1.29 is 28.5 Å². The first kappa shape index (κ1) is 23.5. The van der Waals surface area contributed by atoms with Crippen molar-refractivity contribution in [3.05, 3.63) is 77.0 Å². The summed E-state index contributed by atoms with van der Waals surface area (Å²) < 4.78 is 22.2. The fraction of sp³-hybridized carbons (Fsp3) is 0.360. The van der Waals surface area contributed by atoms with Gasteiger partial charge >= 0.3 is 12.1 Å². The maximum atomic E-state index is 12.9. The summed E-state index contributed by atoms with van der Waals surface area (Å²) in [5.74, 6) is -0.681. The van der Waals surface area contributed by atoms with E-state index >= 15 is 0 Å². The predicted molar refractivity (Wildman–Crippen MR) is 119 cm³/mol. The number of hydrogen-bond acceptors (Lipinski definition) is 6. The fourth-order valence-electron chi connectivity index (χ4n) is 3.04. The molecule has 1 saturated heterocycles. The zero-order valence-electron chi connectivity index (χ0n) is 18.6. The lowest BCUT2D eigenvalue weighted by Crippen LogP contribution is -2.34. The Labute approximate surface area is 188 Å². The van der Waals surface area contributed by atoms with Crippen LogP contribution in [-0.2, 0) is 30.3 Å². The van der Waals surface area contributed by atoms with Crippen LogP contribution >= 0.6 is 0 Å². The molecular formula is C25H29NO6. The minimum absolute atomic E-state index is 0.0431. The van der Waals surface area contributed by atoms with E-state index in [0.717, 1.165) is 17.5 Å². The van der Waals surface area contributed by atoms with Gasteiger partial charge in [0.25, 0.3) is 0 Å². The Morgan fingerprint density at radius 1 is 1.03 bits per heavy atom. The summed E-state index contributed by atoms with van der Waals surface area (Å²) >= 11 is 0. The van der Waals surface area contributed by atoms with Crippen LogP contribution in [0.1, 0.15) is 50.2 Å². The lowest BCUT2D eigenvalue weighted by Gasteiger charge is -2.25. The van der Waals surface area contributed by atoms with E-state index < -0.39 is 24.0 Å². The number of carbonyl (C=O) groups excluding carboxylic acids is 2. The minimum atomic E-state index is -0.747. The van der Waals surface area contributed by atoms with Crippen molar-refractivity contribution in [1.29, 1.82) is 0 Å². The second kappa shape index (κ2) is 10.9. The van der Waals surface area contributed by atoms with Gasteiger partial charge in [-0.3, -0.25) is 5.32 Å². The molecule has 2 aromatic rings. The molecule has 1 aliphatic rings. The largest absolute Gasteiger partial charge is 0.456 e. The number of carbonyl (C=O) groups is 2. The van der Waals surface area contributed by atoms with Gasteiger partial charge in [-0.05, 0) is 44.4 Å². The first-order valence-corrected chi connectivity index (χ1v) is 10.6. The van der Waals surface area contributed by atoms with Gasteiger partial charge in [-0.25, -0.2) is 9.59 Å². The van der Waals surface area contributed by atoms with Crippen molar-refractivity contribution in [1.82, 2.24) is 5.32 Å². The Kier molecular flexibility index (Phi) is 8.03. The number of ether oxygens (including phenoxy) is 4. The van der Waals surface area contributed by atoms with E-state index in [-0.39, 0.29) is 12.3 Å². The molecule has 0 bridgehead atoms. The molecule has 32 heavy (non-hydrogen) atoms. The Morgan fingerprint density at radius 2 is 1.69 bits per heavy atom. The molecule has 7 nitrogen and oxygen atoms in total. The number of esters is 1. The van der Waals surface area contributed by atoms with Crippen LogP contribution in [0.25, 0.3) is 6.08 Å². The first-order valence-electron chi connectivity index (χ1n) is 10.6. The number of hydrogen-bond donors (Lipinski definition) is 1. The highest BCUT2D eigenvalue weighted by Crippen LogP contribution is 2.27. The Morgan fingerprint density at radius 3 is 2.38 bits per heavy atom. The third kappa shape index (κ3) is 7.21. The van der Waals surface area contributed by atoms with Crippen LogP contribution < -0.4 is 5.32 Å². The predicted octanol–water partition coefficient (Wildman–Crippen LogP) is 4.73. The van der Waals surface area contributed by atoms with Gasteiger partial charge < -0.3 is 18.9 Å². The van der Waals surface area contributed by atoms with E-state index in [0.29, 0.717) is 18.8 Å². The van der Waals surface area contributed by atoms with Crippen LogP contribution in [0.4, 0.5) is 4.79 Å². The summed E-state index contributed by atoms with van der Waals surface area (Å²) in [6.07, 6.45) is 1.09. The molecule has 0 spiro atoms. The average molecular weight is 440 g/mol. The zero-order valence-corrected chi connectivity index (χ0v) is 18.6. The van der Waals surface area contributed by atoms with Crippen LogP contribution in [0.2, 0.25) is 0 Å². The third-order valence-electron chi connectivity index (χ3n) is 4.45. The van der Waals surface area contributed by atoms with Crippen molar-refractivity contribution in [3.8, 4) is 0 Å². The molecule has 2 aromatic carbocycles. The molecule has 0 atom stereocenters. The highest BCUT2D eigenvalue weighted by molar-refractivity contribution is 5.97. The minimum Gasteiger partial charge on any atom is -0.456 e. The standard InChI is InChI=1S/C25H29NO6/c1-25(2,3)32-24(28)26-21(22(27)31-17-18-10-5-4-6-11-18)16-19-12-7-8-13-20(19)23-29-14-9-15-30-23/h4-8,10-13,16,23H,9,14-15,17H2,1-3H3,(H,26,28)/b21-16-. The topological polar surface area (TPSA) is 83.1 Å². The van der Waals surface area contributed by atoms with Crippen LogP contribution in [0, 0.1) is 0 Å². The second-order valence-corrected chi connectivity index (χ2v) is 8.30. The Balaban J connectivity index is 1.85. The van der Waals surface area contributed by atoms with E-state index in [4.69, 9.17) is 18.9 Å². The highest BCUT2D eigenvalue weighted by Gasteiger charge is 2.23. The van der Waals surface area contributed by atoms with Gasteiger partial charge in [0.15, 0.2) is 6.29 Å². The van der Waals surface area contributed by atoms with E-state index in [1.807, 2.05) is 54.6 Å². The molecule has 170 valence electrons. The molecule has 0 saturated carbocycles. The summed E-state index contributed by atoms with van der Waals surface area (Å²) in [7, 11) is 0. The Bertz CT molecular complexity index is 942. The fourth-order valence-corrected chi connectivity index (χ4v) is 3.04. The second-order valence-electron chi connectivity index (χ2n) is 8.30. The van der Waals surface area contributed by atoms with Gasteiger partial charge in [-0.15, -0.1) is 0 Å². The number of alkyl carbamates (subject to hydrolysis) is 1. The van der Waals surface area contributed by atoms with Gasteiger partial charge in [0.05, 0.1) is 13.2 Å². The first-order chi connectivity index (χ1) is 15.3. The van der Waals surface area contributed by atoms with Crippen LogP contribution in [0.3, 0.4) is 0 Å². The number of nitrogens with one attached hydrogen (secondary N) is 1. The van der Waals surface area contributed by atoms with Gasteiger partial charge in [0.2, 0.25) is 0 Å². The number of benzene rings is 2. The summed E-state index contributed by atoms with van der Waals surface area (Å²) in [6.45, 7) is 6.49. The monoisotopic (exact) mass is 439 g/mol. The van der Waals surface area contributed by atoms with E-state index in [9.17, 15) is 9.59 Å². The third-order valence-corrected chi connectivity index (χ3v) is 4.45. The molecule has 0 unspecified atom stereocenters. The van der Waals surface area contributed by atoms with Gasteiger partial charge in [0, 0.05) is 5.56 Å². The molecular weight excluding hydrogens is 410 g/mol. The van der Waals surface area contributed by atoms with Crippen LogP contribution in [0.5, 0.6) is 0 Å². The molecule has 0 radical (unpaired) electrons. The summed E-state index contributed by atoms with van der Waals surface area (Å²) in [5, 5.41) is 2.53. The van der Waals surface area contributed by atoms with Gasteiger partial charge in [0.1, 0.15) is 17.9 Å². The quantitative estimate of drug-likeness (QED) is 0.518. The van der Waals surface area contributed by atoms with Crippen molar-refractivity contribution in [3.63, 3.8) is 0 Å². The molecule has 1 fully saturated rings. The van der Waals surface area contributed by atoms with Gasteiger partial charge in [-0.1, -0.05) is 54.6 Å². The van der Waals surface area contributed by atoms with Crippen molar-refractivity contribution in [2.45, 2.75) is 45.7 Å². The molecule has 7 heteroatoms. The molecule has 1 aliphatic heterocycles. The molecule has 1 amide bonds. The maximum absolute atomic E-state index is 12.9. The van der Waals surface area contributed by atoms with Crippen molar-refractivity contribution in [2.24, 2.45) is 0 Å². The van der Waals surface area contributed by atoms with E-state index in [2.05, 4.69) is 5.32 Å².